The number of carbonyl (C=O) groups excluding carboxylic acids is 1. The third-order valence-corrected chi connectivity index (χ3v) is 3.23. The van der Waals surface area contributed by atoms with Crippen molar-refractivity contribution in [2.75, 3.05) is 6.54 Å². The average molecular weight is 209 g/mol. The van der Waals surface area contributed by atoms with Gasteiger partial charge in [-0.15, -0.1) is 0 Å². The first-order valence-corrected chi connectivity index (χ1v) is 5.57. The van der Waals surface area contributed by atoms with Crippen LogP contribution in [0.2, 0.25) is 0 Å². The molecular weight excluding hydrogens is 190 g/mol. The summed E-state index contributed by atoms with van der Waals surface area (Å²) >= 11 is 0. The van der Waals surface area contributed by atoms with Crippen LogP contribution < -0.4 is 5.73 Å². The minimum absolute atomic E-state index is 0.0617. The first-order chi connectivity index (χ1) is 7.11. The lowest BCUT2D eigenvalue weighted by Gasteiger charge is -2.26. The third kappa shape index (κ3) is 2.48. The molecule has 4 heteroatoms. The van der Waals surface area contributed by atoms with Gasteiger partial charge in [0.1, 0.15) is 6.04 Å². The van der Waals surface area contributed by atoms with E-state index in [1.54, 1.807) is 4.90 Å². The quantitative estimate of drug-likeness (QED) is 0.750. The fourth-order valence-electron chi connectivity index (χ4n) is 1.85. The number of amides is 1. The largest absolute Gasteiger partial charge is 0.325 e. The Morgan fingerprint density at radius 2 is 2.40 bits per heavy atom. The molecule has 0 aromatic heterocycles. The predicted molar refractivity (Wildman–Crippen MR) is 57.8 cm³/mol. The number of rotatable bonds is 3. The standard InChI is InChI=1S/C11H19N3O/c1-3-8(2)10(13)11(15)14-6-4-5-9(14)7-12/h8-10H,3-6,13H2,1-2H3/t8-,9+,10-/m0/s1. The maximum absolute atomic E-state index is 12.0. The van der Waals surface area contributed by atoms with Crippen LogP contribution in [0.1, 0.15) is 33.1 Å². The van der Waals surface area contributed by atoms with Gasteiger partial charge in [0.05, 0.1) is 12.1 Å². The molecule has 3 atom stereocenters. The monoisotopic (exact) mass is 209 g/mol. The third-order valence-electron chi connectivity index (χ3n) is 3.23. The second kappa shape index (κ2) is 5.13. The molecule has 84 valence electrons. The molecule has 2 N–H and O–H groups in total. The van der Waals surface area contributed by atoms with Crippen LogP contribution in [0.4, 0.5) is 0 Å². The molecule has 1 fully saturated rings. The Bertz CT molecular complexity index is 271. The van der Waals surface area contributed by atoms with Crippen molar-refractivity contribution in [1.29, 1.82) is 5.26 Å². The maximum atomic E-state index is 12.0. The zero-order chi connectivity index (χ0) is 11.4. The zero-order valence-electron chi connectivity index (χ0n) is 9.44. The summed E-state index contributed by atoms with van der Waals surface area (Å²) in [5.74, 6) is 0.117. The molecule has 0 aliphatic carbocycles. The van der Waals surface area contributed by atoms with Crippen LogP contribution in [-0.4, -0.2) is 29.4 Å². The van der Waals surface area contributed by atoms with Crippen molar-refractivity contribution in [2.24, 2.45) is 11.7 Å². The van der Waals surface area contributed by atoms with Gasteiger partial charge in [0.2, 0.25) is 5.91 Å². The fraction of sp³-hybridized carbons (Fsp3) is 0.818. The van der Waals surface area contributed by atoms with Gasteiger partial charge >= 0.3 is 0 Å². The normalized spacial score (nSPS) is 24.7. The number of nitrogens with zero attached hydrogens (tertiary/aromatic N) is 2. The lowest BCUT2D eigenvalue weighted by molar-refractivity contribution is -0.133. The van der Waals surface area contributed by atoms with Crippen LogP contribution in [0, 0.1) is 17.2 Å². The molecule has 1 rings (SSSR count). The molecule has 0 aromatic carbocycles. The minimum atomic E-state index is -0.455. The van der Waals surface area contributed by atoms with Gasteiger partial charge in [0, 0.05) is 6.54 Å². The first-order valence-electron chi connectivity index (χ1n) is 5.57. The highest BCUT2D eigenvalue weighted by atomic mass is 16.2. The molecule has 1 amide bonds. The predicted octanol–water partition coefficient (Wildman–Crippen LogP) is 0.874. The van der Waals surface area contributed by atoms with E-state index >= 15 is 0 Å². The summed E-state index contributed by atoms with van der Waals surface area (Å²) in [4.78, 5) is 13.6. The van der Waals surface area contributed by atoms with Gasteiger partial charge in [0.25, 0.3) is 0 Å². The number of hydrogen-bond donors (Lipinski definition) is 1. The molecule has 0 spiro atoms. The van der Waals surface area contributed by atoms with Crippen LogP contribution in [-0.2, 0) is 4.79 Å². The second-order valence-electron chi connectivity index (χ2n) is 4.23. The Balaban J connectivity index is 2.64. The zero-order valence-corrected chi connectivity index (χ0v) is 9.44. The van der Waals surface area contributed by atoms with Crippen molar-refractivity contribution in [2.45, 2.75) is 45.2 Å². The van der Waals surface area contributed by atoms with Crippen molar-refractivity contribution < 1.29 is 4.79 Å². The summed E-state index contributed by atoms with van der Waals surface area (Å²) in [5, 5.41) is 8.88. The fourth-order valence-corrected chi connectivity index (χ4v) is 1.85. The molecule has 1 aliphatic rings. The number of nitriles is 1. The summed E-state index contributed by atoms with van der Waals surface area (Å²) in [6.45, 7) is 4.67. The van der Waals surface area contributed by atoms with E-state index in [2.05, 4.69) is 6.07 Å². The van der Waals surface area contributed by atoms with Crippen LogP contribution in [0.25, 0.3) is 0 Å². The van der Waals surface area contributed by atoms with E-state index in [1.165, 1.54) is 0 Å². The molecular formula is C11H19N3O. The summed E-state index contributed by atoms with van der Waals surface area (Å²) in [6.07, 6.45) is 2.59. The number of likely N-dealkylation sites (tertiary alicyclic amines) is 1. The van der Waals surface area contributed by atoms with E-state index in [0.29, 0.717) is 6.54 Å². The van der Waals surface area contributed by atoms with Gasteiger partial charge in [-0.2, -0.15) is 5.26 Å². The molecule has 1 aliphatic heterocycles. The van der Waals surface area contributed by atoms with Crippen LogP contribution in [0.15, 0.2) is 0 Å². The summed E-state index contributed by atoms with van der Waals surface area (Å²) in [6, 6.07) is 1.44. The summed E-state index contributed by atoms with van der Waals surface area (Å²) in [5.41, 5.74) is 5.87. The lowest BCUT2D eigenvalue weighted by atomic mass is 9.99. The Kier molecular flexibility index (Phi) is 4.10. The van der Waals surface area contributed by atoms with Crippen LogP contribution >= 0.6 is 0 Å². The Hall–Kier alpha value is -1.08. The molecule has 0 radical (unpaired) electrons. The minimum Gasteiger partial charge on any atom is -0.325 e. The molecule has 0 bridgehead atoms. The smallest absolute Gasteiger partial charge is 0.240 e. The van der Waals surface area contributed by atoms with Gasteiger partial charge in [-0.05, 0) is 18.8 Å². The van der Waals surface area contributed by atoms with E-state index in [1.807, 2.05) is 13.8 Å². The van der Waals surface area contributed by atoms with Crippen LogP contribution in [0.5, 0.6) is 0 Å². The number of nitrogens with two attached hydrogens (primary N) is 1. The highest BCUT2D eigenvalue weighted by Crippen LogP contribution is 2.19. The molecule has 0 saturated carbocycles. The number of hydrogen-bond acceptors (Lipinski definition) is 3. The molecule has 0 aromatic rings. The molecule has 1 heterocycles. The Labute approximate surface area is 91.0 Å². The molecule has 1 saturated heterocycles. The van der Waals surface area contributed by atoms with E-state index in [9.17, 15) is 4.79 Å². The average Bonchev–Trinajstić information content (AvgIpc) is 2.73. The Morgan fingerprint density at radius 1 is 1.73 bits per heavy atom. The second-order valence-corrected chi connectivity index (χ2v) is 4.23. The van der Waals surface area contributed by atoms with Crippen molar-refractivity contribution in [1.82, 2.24) is 4.90 Å². The van der Waals surface area contributed by atoms with Crippen molar-refractivity contribution in [3.8, 4) is 6.07 Å². The topological polar surface area (TPSA) is 70.1 Å². The number of carbonyl (C=O) groups is 1. The van der Waals surface area contributed by atoms with Gasteiger partial charge < -0.3 is 10.6 Å². The van der Waals surface area contributed by atoms with E-state index in [-0.39, 0.29) is 17.9 Å². The SMILES string of the molecule is CC[C@H](C)[C@H](N)C(=O)N1CCC[C@@H]1C#N. The van der Waals surface area contributed by atoms with Gasteiger partial charge in [-0.3, -0.25) is 4.79 Å². The van der Waals surface area contributed by atoms with Crippen molar-refractivity contribution >= 4 is 5.91 Å². The Morgan fingerprint density at radius 3 is 2.93 bits per heavy atom. The van der Waals surface area contributed by atoms with Crippen LogP contribution in [0.3, 0.4) is 0 Å². The van der Waals surface area contributed by atoms with Crippen molar-refractivity contribution in [3.63, 3.8) is 0 Å². The lowest BCUT2D eigenvalue weighted by Crippen LogP contribution is -2.48. The molecule has 15 heavy (non-hydrogen) atoms. The molecule has 0 unspecified atom stereocenters. The maximum Gasteiger partial charge on any atom is 0.240 e. The van der Waals surface area contributed by atoms with E-state index < -0.39 is 6.04 Å². The highest BCUT2D eigenvalue weighted by Gasteiger charge is 2.33. The van der Waals surface area contributed by atoms with Gasteiger partial charge in [-0.1, -0.05) is 20.3 Å². The molecule has 4 nitrogen and oxygen atoms in total. The van der Waals surface area contributed by atoms with Gasteiger partial charge in [-0.25, -0.2) is 0 Å². The van der Waals surface area contributed by atoms with E-state index in [0.717, 1.165) is 19.3 Å². The van der Waals surface area contributed by atoms with Gasteiger partial charge in [0.15, 0.2) is 0 Å². The summed E-state index contributed by atoms with van der Waals surface area (Å²) in [7, 11) is 0. The van der Waals surface area contributed by atoms with Crippen molar-refractivity contribution in [3.05, 3.63) is 0 Å². The van der Waals surface area contributed by atoms with E-state index in [4.69, 9.17) is 11.0 Å². The first kappa shape index (κ1) is 12.0. The highest BCUT2D eigenvalue weighted by molar-refractivity contribution is 5.82. The summed E-state index contributed by atoms with van der Waals surface area (Å²) < 4.78 is 0.